The van der Waals surface area contributed by atoms with Crippen LogP contribution >= 0.6 is 0 Å². The maximum atomic E-state index is 11.8. The molecule has 2 unspecified atom stereocenters. The standard InChI is InChI=1S/C13H25NO2/c1-9(2)11(15)8-14-7-10(6-12(14)16)13(3,4)5/h9-11,15H,6-8H2,1-5H3. The van der Waals surface area contributed by atoms with Gasteiger partial charge in [-0.1, -0.05) is 34.6 Å². The molecule has 1 saturated heterocycles. The largest absolute Gasteiger partial charge is 0.391 e. The van der Waals surface area contributed by atoms with Crippen molar-refractivity contribution in [2.45, 2.75) is 47.1 Å². The zero-order chi connectivity index (χ0) is 12.5. The fourth-order valence-electron chi connectivity index (χ4n) is 1.97. The summed E-state index contributed by atoms with van der Waals surface area (Å²) in [6, 6.07) is 0. The first-order chi connectivity index (χ1) is 7.21. The number of carbonyl (C=O) groups is 1. The zero-order valence-corrected chi connectivity index (χ0v) is 11.2. The van der Waals surface area contributed by atoms with Crippen LogP contribution in [-0.4, -0.2) is 35.1 Å². The molecule has 1 fully saturated rings. The van der Waals surface area contributed by atoms with Crippen molar-refractivity contribution in [1.29, 1.82) is 0 Å². The van der Waals surface area contributed by atoms with Gasteiger partial charge in [-0.3, -0.25) is 4.79 Å². The Kier molecular flexibility index (Phi) is 4.00. The number of hydrogen-bond donors (Lipinski definition) is 1. The maximum Gasteiger partial charge on any atom is 0.223 e. The predicted octanol–water partition coefficient (Wildman–Crippen LogP) is 1.90. The fourth-order valence-corrected chi connectivity index (χ4v) is 1.97. The molecule has 0 radical (unpaired) electrons. The molecule has 1 rings (SSSR count). The van der Waals surface area contributed by atoms with Gasteiger partial charge in [-0.25, -0.2) is 0 Å². The van der Waals surface area contributed by atoms with Crippen molar-refractivity contribution in [3.8, 4) is 0 Å². The van der Waals surface area contributed by atoms with E-state index >= 15 is 0 Å². The van der Waals surface area contributed by atoms with E-state index in [0.29, 0.717) is 18.9 Å². The molecule has 0 aliphatic carbocycles. The Morgan fingerprint density at radius 2 is 2.00 bits per heavy atom. The van der Waals surface area contributed by atoms with Gasteiger partial charge in [-0.05, 0) is 17.3 Å². The van der Waals surface area contributed by atoms with Crippen molar-refractivity contribution >= 4 is 5.91 Å². The number of hydrogen-bond acceptors (Lipinski definition) is 2. The van der Waals surface area contributed by atoms with Crippen molar-refractivity contribution in [2.24, 2.45) is 17.3 Å². The van der Waals surface area contributed by atoms with Gasteiger partial charge in [0.1, 0.15) is 0 Å². The topological polar surface area (TPSA) is 40.5 Å². The molecule has 2 atom stereocenters. The number of aliphatic hydroxyl groups is 1. The number of nitrogens with zero attached hydrogens (tertiary/aromatic N) is 1. The summed E-state index contributed by atoms with van der Waals surface area (Å²) in [6.45, 7) is 11.8. The Morgan fingerprint density at radius 1 is 1.44 bits per heavy atom. The molecule has 16 heavy (non-hydrogen) atoms. The van der Waals surface area contributed by atoms with E-state index in [1.165, 1.54) is 0 Å². The molecular weight excluding hydrogens is 202 g/mol. The summed E-state index contributed by atoms with van der Waals surface area (Å²) >= 11 is 0. The van der Waals surface area contributed by atoms with Crippen LogP contribution in [0.15, 0.2) is 0 Å². The second-order valence-electron chi connectivity index (χ2n) is 6.38. The van der Waals surface area contributed by atoms with Crippen molar-refractivity contribution < 1.29 is 9.90 Å². The predicted molar refractivity (Wildman–Crippen MR) is 65.0 cm³/mol. The Balaban J connectivity index is 2.55. The summed E-state index contributed by atoms with van der Waals surface area (Å²) < 4.78 is 0. The Labute approximate surface area is 98.8 Å². The molecule has 1 heterocycles. The van der Waals surface area contributed by atoms with Gasteiger partial charge in [0.2, 0.25) is 5.91 Å². The summed E-state index contributed by atoms with van der Waals surface area (Å²) in [4.78, 5) is 13.6. The van der Waals surface area contributed by atoms with E-state index in [1.807, 2.05) is 18.7 Å². The van der Waals surface area contributed by atoms with Crippen molar-refractivity contribution in [3.05, 3.63) is 0 Å². The normalized spacial score (nSPS) is 24.3. The first-order valence-corrected chi connectivity index (χ1v) is 6.17. The molecule has 3 nitrogen and oxygen atoms in total. The van der Waals surface area contributed by atoms with Gasteiger partial charge in [0.05, 0.1) is 6.10 Å². The summed E-state index contributed by atoms with van der Waals surface area (Å²) in [7, 11) is 0. The molecule has 0 aromatic rings. The average molecular weight is 227 g/mol. The highest BCUT2D eigenvalue weighted by molar-refractivity contribution is 5.78. The van der Waals surface area contributed by atoms with E-state index in [9.17, 15) is 9.90 Å². The minimum Gasteiger partial charge on any atom is -0.391 e. The Bertz CT molecular complexity index is 255. The van der Waals surface area contributed by atoms with E-state index in [2.05, 4.69) is 20.8 Å². The molecule has 1 aliphatic heterocycles. The monoisotopic (exact) mass is 227 g/mol. The first kappa shape index (κ1) is 13.5. The van der Waals surface area contributed by atoms with Crippen LogP contribution in [-0.2, 0) is 4.79 Å². The van der Waals surface area contributed by atoms with Crippen LogP contribution in [0.25, 0.3) is 0 Å². The fraction of sp³-hybridized carbons (Fsp3) is 0.923. The third-order valence-electron chi connectivity index (χ3n) is 3.62. The lowest BCUT2D eigenvalue weighted by molar-refractivity contribution is -0.129. The van der Waals surface area contributed by atoms with E-state index in [-0.39, 0.29) is 17.2 Å². The SMILES string of the molecule is CC(C)C(O)CN1CC(C(C)(C)C)CC1=O. The highest BCUT2D eigenvalue weighted by atomic mass is 16.3. The summed E-state index contributed by atoms with van der Waals surface area (Å²) in [5, 5.41) is 9.80. The number of carbonyl (C=O) groups excluding carboxylic acids is 1. The third-order valence-corrected chi connectivity index (χ3v) is 3.62. The number of β-amino-alcohol motifs (C(OH)–C–C–N with tert-alkyl or cyclic N) is 1. The van der Waals surface area contributed by atoms with Gasteiger partial charge in [-0.2, -0.15) is 0 Å². The molecule has 0 bridgehead atoms. The average Bonchev–Trinajstić information content (AvgIpc) is 2.47. The van der Waals surface area contributed by atoms with E-state index in [0.717, 1.165) is 6.54 Å². The van der Waals surface area contributed by atoms with Gasteiger partial charge in [-0.15, -0.1) is 0 Å². The van der Waals surface area contributed by atoms with Crippen molar-refractivity contribution in [1.82, 2.24) is 4.90 Å². The summed E-state index contributed by atoms with van der Waals surface area (Å²) in [5.74, 6) is 0.820. The number of aliphatic hydroxyl groups excluding tert-OH is 1. The lowest BCUT2D eigenvalue weighted by atomic mass is 9.80. The second-order valence-corrected chi connectivity index (χ2v) is 6.38. The van der Waals surface area contributed by atoms with Crippen LogP contribution in [0.5, 0.6) is 0 Å². The number of amides is 1. The second kappa shape index (κ2) is 4.74. The van der Waals surface area contributed by atoms with Crippen molar-refractivity contribution in [3.63, 3.8) is 0 Å². The van der Waals surface area contributed by atoms with Gasteiger partial charge >= 0.3 is 0 Å². The molecule has 1 aliphatic rings. The smallest absolute Gasteiger partial charge is 0.223 e. The van der Waals surface area contributed by atoms with Gasteiger partial charge < -0.3 is 10.0 Å². The maximum absolute atomic E-state index is 11.8. The first-order valence-electron chi connectivity index (χ1n) is 6.17. The number of likely N-dealkylation sites (tertiary alicyclic amines) is 1. The van der Waals surface area contributed by atoms with Crippen molar-refractivity contribution in [2.75, 3.05) is 13.1 Å². The molecule has 1 N–H and O–H groups in total. The van der Waals surface area contributed by atoms with Crippen LogP contribution in [0.1, 0.15) is 41.0 Å². The molecule has 94 valence electrons. The molecular formula is C13H25NO2. The highest BCUT2D eigenvalue weighted by Gasteiger charge is 2.37. The van der Waals surface area contributed by atoms with E-state index in [4.69, 9.17) is 0 Å². The van der Waals surface area contributed by atoms with E-state index < -0.39 is 6.10 Å². The van der Waals surface area contributed by atoms with Crippen LogP contribution in [0, 0.1) is 17.3 Å². The summed E-state index contributed by atoms with van der Waals surface area (Å²) in [6.07, 6.45) is 0.233. The lowest BCUT2D eigenvalue weighted by Gasteiger charge is -2.27. The Hall–Kier alpha value is -0.570. The molecule has 0 spiro atoms. The summed E-state index contributed by atoms with van der Waals surface area (Å²) in [5.41, 5.74) is 0.174. The lowest BCUT2D eigenvalue weighted by Crippen LogP contribution is -2.36. The highest BCUT2D eigenvalue weighted by Crippen LogP contribution is 2.34. The van der Waals surface area contributed by atoms with Crippen LogP contribution < -0.4 is 0 Å². The molecule has 0 saturated carbocycles. The van der Waals surface area contributed by atoms with Crippen LogP contribution in [0.3, 0.4) is 0 Å². The van der Waals surface area contributed by atoms with E-state index in [1.54, 1.807) is 0 Å². The molecule has 1 amide bonds. The molecule has 3 heteroatoms. The van der Waals surface area contributed by atoms with Crippen LogP contribution in [0.4, 0.5) is 0 Å². The minimum atomic E-state index is -0.400. The third kappa shape index (κ3) is 3.21. The number of rotatable bonds is 3. The molecule has 0 aromatic heterocycles. The van der Waals surface area contributed by atoms with Gasteiger partial charge in [0, 0.05) is 19.5 Å². The minimum absolute atomic E-state index is 0.174. The van der Waals surface area contributed by atoms with Gasteiger partial charge in [0.15, 0.2) is 0 Å². The Morgan fingerprint density at radius 3 is 2.38 bits per heavy atom. The van der Waals surface area contributed by atoms with Crippen LogP contribution in [0.2, 0.25) is 0 Å². The quantitative estimate of drug-likeness (QED) is 0.800. The van der Waals surface area contributed by atoms with Gasteiger partial charge in [0.25, 0.3) is 0 Å². The zero-order valence-electron chi connectivity index (χ0n) is 11.2. The molecule has 0 aromatic carbocycles.